The molecule has 1 aliphatic carbocycles. The lowest BCUT2D eigenvalue weighted by molar-refractivity contribution is 0.314. The molecule has 1 N–H and O–H groups in total. The molecule has 1 saturated carbocycles. The molecule has 0 aliphatic heterocycles. The highest BCUT2D eigenvalue weighted by atomic mass is 35.5. The Hall–Kier alpha value is -0.530. The van der Waals surface area contributed by atoms with Crippen molar-refractivity contribution < 1.29 is 0 Å². The van der Waals surface area contributed by atoms with Crippen LogP contribution < -0.4 is 5.32 Å². The topological polar surface area (TPSA) is 12.0 Å². The minimum atomic E-state index is 0.495. The van der Waals surface area contributed by atoms with E-state index in [0.717, 1.165) is 17.5 Å². The second-order valence-electron chi connectivity index (χ2n) is 6.14. The molecule has 2 heteroatoms. The predicted molar refractivity (Wildman–Crippen MR) is 88.3 cm³/mol. The third-order valence-electron chi connectivity index (χ3n) is 4.50. The Balaban J connectivity index is 1.90. The summed E-state index contributed by atoms with van der Waals surface area (Å²) in [6, 6.07) is 8.87. The molecule has 0 saturated heterocycles. The summed E-state index contributed by atoms with van der Waals surface area (Å²) in [7, 11) is 0. The van der Waals surface area contributed by atoms with Crippen molar-refractivity contribution in [1.29, 1.82) is 0 Å². The van der Waals surface area contributed by atoms with Crippen LogP contribution >= 0.6 is 11.6 Å². The van der Waals surface area contributed by atoms with Crippen LogP contribution in [0.4, 0.5) is 0 Å². The largest absolute Gasteiger partial charge is 0.310 e. The van der Waals surface area contributed by atoms with Crippen molar-refractivity contribution in [2.75, 3.05) is 6.54 Å². The maximum Gasteiger partial charge on any atom is 0.0406 e. The summed E-state index contributed by atoms with van der Waals surface area (Å²) in [5, 5.41) is 4.53. The van der Waals surface area contributed by atoms with E-state index in [1.165, 1.54) is 56.9 Å². The Labute approximate surface area is 129 Å². The van der Waals surface area contributed by atoms with Gasteiger partial charge in [0.15, 0.2) is 0 Å². The van der Waals surface area contributed by atoms with E-state index in [0.29, 0.717) is 6.04 Å². The van der Waals surface area contributed by atoms with E-state index in [-0.39, 0.29) is 0 Å². The SMILES string of the molecule is CCCNC(CCC1CCCCC1)c1ccc(Cl)cc1. The second-order valence-corrected chi connectivity index (χ2v) is 6.58. The van der Waals surface area contributed by atoms with E-state index in [2.05, 4.69) is 24.4 Å². The summed E-state index contributed by atoms with van der Waals surface area (Å²) >= 11 is 6.00. The lowest BCUT2D eigenvalue weighted by Crippen LogP contribution is -2.23. The Kier molecular flexibility index (Phi) is 6.89. The van der Waals surface area contributed by atoms with Crippen LogP contribution in [0.1, 0.15) is 69.9 Å². The van der Waals surface area contributed by atoms with Crippen LogP contribution in [-0.2, 0) is 0 Å². The maximum absolute atomic E-state index is 6.00. The number of hydrogen-bond acceptors (Lipinski definition) is 1. The molecule has 0 heterocycles. The van der Waals surface area contributed by atoms with Gasteiger partial charge in [-0.2, -0.15) is 0 Å². The lowest BCUT2D eigenvalue weighted by atomic mass is 9.84. The van der Waals surface area contributed by atoms with Crippen LogP contribution in [0.3, 0.4) is 0 Å². The first kappa shape index (κ1) is 15.9. The van der Waals surface area contributed by atoms with E-state index >= 15 is 0 Å². The average Bonchev–Trinajstić information content (AvgIpc) is 2.50. The monoisotopic (exact) mass is 293 g/mol. The molecule has 0 aromatic heterocycles. The van der Waals surface area contributed by atoms with Gasteiger partial charge in [-0.05, 0) is 49.4 Å². The fourth-order valence-electron chi connectivity index (χ4n) is 3.28. The second kappa shape index (κ2) is 8.69. The molecular weight excluding hydrogens is 266 g/mol. The van der Waals surface area contributed by atoms with Crippen LogP contribution in [0, 0.1) is 5.92 Å². The number of rotatable bonds is 7. The average molecular weight is 294 g/mol. The lowest BCUT2D eigenvalue weighted by Gasteiger charge is -2.25. The van der Waals surface area contributed by atoms with Gasteiger partial charge in [-0.1, -0.05) is 62.8 Å². The van der Waals surface area contributed by atoms with Gasteiger partial charge in [-0.15, -0.1) is 0 Å². The third-order valence-corrected chi connectivity index (χ3v) is 4.75. The highest BCUT2D eigenvalue weighted by Crippen LogP contribution is 2.30. The number of halogens is 1. The molecule has 1 aliphatic rings. The fourth-order valence-corrected chi connectivity index (χ4v) is 3.40. The molecule has 1 unspecified atom stereocenters. The van der Waals surface area contributed by atoms with Gasteiger partial charge in [-0.25, -0.2) is 0 Å². The van der Waals surface area contributed by atoms with E-state index < -0.39 is 0 Å². The molecule has 0 bridgehead atoms. The van der Waals surface area contributed by atoms with Gasteiger partial charge in [0.2, 0.25) is 0 Å². The molecule has 0 radical (unpaired) electrons. The normalized spacial score (nSPS) is 18.1. The van der Waals surface area contributed by atoms with Crippen molar-refractivity contribution in [3.8, 4) is 0 Å². The van der Waals surface area contributed by atoms with Gasteiger partial charge < -0.3 is 5.32 Å². The van der Waals surface area contributed by atoms with Crippen LogP contribution in [0.5, 0.6) is 0 Å². The van der Waals surface area contributed by atoms with Gasteiger partial charge in [0, 0.05) is 11.1 Å². The minimum absolute atomic E-state index is 0.495. The molecule has 0 spiro atoms. The van der Waals surface area contributed by atoms with Crippen LogP contribution in [-0.4, -0.2) is 6.54 Å². The molecule has 20 heavy (non-hydrogen) atoms. The zero-order valence-corrected chi connectivity index (χ0v) is 13.5. The summed E-state index contributed by atoms with van der Waals surface area (Å²) in [6.45, 7) is 3.32. The van der Waals surface area contributed by atoms with E-state index in [9.17, 15) is 0 Å². The first-order valence-electron chi connectivity index (χ1n) is 8.28. The van der Waals surface area contributed by atoms with Gasteiger partial charge in [0.1, 0.15) is 0 Å². The van der Waals surface area contributed by atoms with Crippen LogP contribution in [0.2, 0.25) is 5.02 Å². The molecule has 1 atom stereocenters. The first-order valence-corrected chi connectivity index (χ1v) is 8.66. The predicted octanol–water partition coefficient (Wildman–Crippen LogP) is 5.74. The smallest absolute Gasteiger partial charge is 0.0406 e. The number of benzene rings is 1. The Morgan fingerprint density at radius 1 is 1.15 bits per heavy atom. The van der Waals surface area contributed by atoms with Crippen molar-refractivity contribution in [2.24, 2.45) is 5.92 Å². The molecular formula is C18H28ClN. The molecule has 112 valence electrons. The summed E-state index contributed by atoms with van der Waals surface area (Å²) < 4.78 is 0. The van der Waals surface area contributed by atoms with Gasteiger partial charge in [-0.3, -0.25) is 0 Å². The van der Waals surface area contributed by atoms with E-state index in [1.54, 1.807) is 0 Å². The van der Waals surface area contributed by atoms with Crippen molar-refractivity contribution in [2.45, 2.75) is 64.3 Å². The first-order chi connectivity index (χ1) is 9.79. The molecule has 0 amide bonds. The molecule has 1 nitrogen and oxygen atoms in total. The zero-order valence-electron chi connectivity index (χ0n) is 12.7. The van der Waals surface area contributed by atoms with Gasteiger partial charge in [0.25, 0.3) is 0 Å². The third kappa shape index (κ3) is 5.10. The van der Waals surface area contributed by atoms with Gasteiger partial charge >= 0.3 is 0 Å². The molecule has 1 aromatic rings. The van der Waals surface area contributed by atoms with Gasteiger partial charge in [0.05, 0.1) is 0 Å². The standard InChI is InChI=1S/C18H28ClN/c1-2-14-20-18(16-9-11-17(19)12-10-16)13-8-15-6-4-3-5-7-15/h9-12,15,18,20H,2-8,13-14H2,1H3. The maximum atomic E-state index is 6.00. The van der Waals surface area contributed by atoms with Crippen molar-refractivity contribution >= 4 is 11.6 Å². The fraction of sp³-hybridized carbons (Fsp3) is 0.667. The zero-order chi connectivity index (χ0) is 14.2. The van der Waals surface area contributed by atoms with E-state index in [1.807, 2.05) is 12.1 Å². The minimum Gasteiger partial charge on any atom is -0.310 e. The number of hydrogen-bond donors (Lipinski definition) is 1. The Morgan fingerprint density at radius 2 is 1.85 bits per heavy atom. The van der Waals surface area contributed by atoms with Crippen LogP contribution in [0.15, 0.2) is 24.3 Å². The highest BCUT2D eigenvalue weighted by Gasteiger charge is 2.17. The number of nitrogens with one attached hydrogen (secondary N) is 1. The summed E-state index contributed by atoms with van der Waals surface area (Å²) in [5.74, 6) is 0.960. The van der Waals surface area contributed by atoms with E-state index in [4.69, 9.17) is 11.6 Å². The summed E-state index contributed by atoms with van der Waals surface area (Å²) in [5.41, 5.74) is 1.39. The quantitative estimate of drug-likeness (QED) is 0.676. The van der Waals surface area contributed by atoms with Crippen molar-refractivity contribution in [3.05, 3.63) is 34.9 Å². The molecule has 2 rings (SSSR count). The van der Waals surface area contributed by atoms with Crippen molar-refractivity contribution in [3.63, 3.8) is 0 Å². The van der Waals surface area contributed by atoms with Crippen molar-refractivity contribution in [1.82, 2.24) is 5.32 Å². The highest BCUT2D eigenvalue weighted by molar-refractivity contribution is 6.30. The Bertz CT molecular complexity index is 368. The molecule has 1 aromatic carbocycles. The molecule has 1 fully saturated rings. The summed E-state index contributed by atoms with van der Waals surface area (Å²) in [4.78, 5) is 0. The van der Waals surface area contributed by atoms with Crippen LogP contribution in [0.25, 0.3) is 0 Å². The Morgan fingerprint density at radius 3 is 2.50 bits per heavy atom. The summed E-state index contributed by atoms with van der Waals surface area (Å²) in [6.07, 6.45) is 11.0.